The number of rotatable bonds is 9. The largest absolute Gasteiger partial charge is 0.378 e. The average molecular weight is 336 g/mol. The Morgan fingerprint density at radius 3 is 2.88 bits per heavy atom. The summed E-state index contributed by atoms with van der Waals surface area (Å²) in [5.41, 5.74) is 0.267. The minimum absolute atomic E-state index is 0.0243. The first kappa shape index (κ1) is 17.4. The van der Waals surface area contributed by atoms with Gasteiger partial charge in [-0.15, -0.1) is 0 Å². The number of carbonyl (C=O) groups is 1. The molecule has 132 valence electrons. The van der Waals surface area contributed by atoms with Gasteiger partial charge in [0.2, 0.25) is 0 Å². The van der Waals surface area contributed by atoms with Crippen LogP contribution in [0.3, 0.4) is 0 Å². The van der Waals surface area contributed by atoms with Crippen LogP contribution >= 0.6 is 0 Å². The van der Waals surface area contributed by atoms with Gasteiger partial charge in [0.1, 0.15) is 17.6 Å². The first-order valence-electron chi connectivity index (χ1n) is 8.46. The fourth-order valence-corrected chi connectivity index (χ4v) is 2.96. The van der Waals surface area contributed by atoms with Crippen molar-refractivity contribution in [1.29, 1.82) is 0 Å². The van der Waals surface area contributed by atoms with Crippen molar-refractivity contribution >= 4 is 6.29 Å². The molecule has 1 aliphatic carbocycles. The molecule has 2 aliphatic rings. The summed E-state index contributed by atoms with van der Waals surface area (Å²) in [7, 11) is 0. The van der Waals surface area contributed by atoms with Crippen LogP contribution in [0.1, 0.15) is 35.6 Å². The molecule has 0 spiro atoms. The van der Waals surface area contributed by atoms with Crippen LogP contribution in [0.15, 0.2) is 12.3 Å². The topological polar surface area (TPSA) is 79.8 Å². The lowest BCUT2D eigenvalue weighted by Gasteiger charge is -2.40. The zero-order valence-corrected chi connectivity index (χ0v) is 13.8. The van der Waals surface area contributed by atoms with E-state index in [4.69, 9.17) is 18.9 Å². The molecule has 1 aliphatic heterocycles. The summed E-state index contributed by atoms with van der Waals surface area (Å²) in [6.07, 6.45) is 5.53. The fraction of sp³-hybridized carbons (Fsp3) is 0.706. The quantitative estimate of drug-likeness (QED) is 0.494. The van der Waals surface area contributed by atoms with Crippen LogP contribution in [-0.2, 0) is 24.4 Å². The van der Waals surface area contributed by atoms with E-state index >= 15 is 0 Å². The van der Waals surface area contributed by atoms with Gasteiger partial charge in [0, 0.05) is 6.20 Å². The van der Waals surface area contributed by atoms with E-state index < -0.39 is 0 Å². The van der Waals surface area contributed by atoms with Crippen LogP contribution in [0, 0.1) is 0 Å². The highest BCUT2D eigenvalue weighted by molar-refractivity contribution is 5.71. The van der Waals surface area contributed by atoms with Gasteiger partial charge >= 0.3 is 0 Å². The Labute approximate surface area is 141 Å². The molecule has 1 saturated heterocycles. The lowest BCUT2D eigenvalue weighted by atomic mass is 9.68. The Kier molecular flexibility index (Phi) is 6.25. The third-order valence-corrected chi connectivity index (χ3v) is 4.52. The number of hydrogen-bond acceptors (Lipinski definition) is 7. The Hall–Kier alpha value is -1.41. The van der Waals surface area contributed by atoms with E-state index in [2.05, 4.69) is 9.97 Å². The smallest absolute Gasteiger partial charge is 0.168 e. The van der Waals surface area contributed by atoms with E-state index in [1.165, 1.54) is 0 Å². The predicted octanol–water partition coefficient (Wildman–Crippen LogP) is 1.16. The normalized spacial score (nSPS) is 22.8. The first-order chi connectivity index (χ1) is 11.8. The SMILES string of the molecule is O=Cc1ccnc(C2(COCCOCC3COCCO3)CCC2)n1. The van der Waals surface area contributed by atoms with E-state index in [1.807, 2.05) is 0 Å². The Balaban J connectivity index is 1.38. The molecule has 2 heterocycles. The maximum Gasteiger partial charge on any atom is 0.168 e. The van der Waals surface area contributed by atoms with E-state index in [1.54, 1.807) is 12.3 Å². The van der Waals surface area contributed by atoms with Crippen molar-refractivity contribution in [1.82, 2.24) is 9.97 Å². The molecular weight excluding hydrogens is 312 g/mol. The van der Waals surface area contributed by atoms with E-state index in [9.17, 15) is 4.79 Å². The minimum atomic E-state index is -0.153. The molecule has 24 heavy (non-hydrogen) atoms. The molecular formula is C17H24N2O5. The summed E-state index contributed by atoms with van der Waals surface area (Å²) in [6, 6.07) is 1.62. The highest BCUT2D eigenvalue weighted by Crippen LogP contribution is 2.42. The van der Waals surface area contributed by atoms with Gasteiger partial charge < -0.3 is 18.9 Å². The Morgan fingerprint density at radius 1 is 1.29 bits per heavy atom. The third-order valence-electron chi connectivity index (χ3n) is 4.52. The number of ether oxygens (including phenoxy) is 4. The van der Waals surface area contributed by atoms with Crippen molar-refractivity contribution in [2.45, 2.75) is 30.8 Å². The standard InChI is InChI=1S/C17H24N2O5/c20-10-14-2-5-18-16(19-14)17(3-1-4-17)13-23-7-6-21-11-15-12-22-8-9-24-15/h2,5,10,15H,1,3-4,6-9,11-13H2. The van der Waals surface area contributed by atoms with Crippen molar-refractivity contribution in [3.05, 3.63) is 23.8 Å². The van der Waals surface area contributed by atoms with Gasteiger partial charge in [0.25, 0.3) is 0 Å². The van der Waals surface area contributed by atoms with Crippen molar-refractivity contribution in [2.75, 3.05) is 46.2 Å². The zero-order chi connectivity index (χ0) is 16.7. The van der Waals surface area contributed by atoms with Crippen LogP contribution < -0.4 is 0 Å². The monoisotopic (exact) mass is 336 g/mol. The van der Waals surface area contributed by atoms with Gasteiger partial charge in [-0.1, -0.05) is 6.42 Å². The second-order valence-corrected chi connectivity index (χ2v) is 6.25. The van der Waals surface area contributed by atoms with Crippen molar-refractivity contribution in [2.24, 2.45) is 0 Å². The molecule has 2 fully saturated rings. The fourth-order valence-electron chi connectivity index (χ4n) is 2.96. The summed E-state index contributed by atoms with van der Waals surface area (Å²) >= 11 is 0. The molecule has 7 heteroatoms. The zero-order valence-electron chi connectivity index (χ0n) is 13.8. The molecule has 0 N–H and O–H groups in total. The third kappa shape index (κ3) is 4.36. The molecule has 1 aromatic rings. The Morgan fingerprint density at radius 2 is 2.17 bits per heavy atom. The van der Waals surface area contributed by atoms with Gasteiger partial charge in [-0.05, 0) is 18.9 Å². The summed E-state index contributed by atoms with van der Waals surface area (Å²) in [5, 5.41) is 0. The number of carbonyl (C=O) groups excluding carboxylic acids is 1. The second kappa shape index (κ2) is 8.62. The molecule has 1 atom stereocenters. The first-order valence-corrected chi connectivity index (χ1v) is 8.46. The maximum absolute atomic E-state index is 10.9. The molecule has 1 unspecified atom stereocenters. The molecule has 0 aromatic carbocycles. The molecule has 0 bridgehead atoms. The highest BCUT2D eigenvalue weighted by Gasteiger charge is 2.41. The maximum atomic E-state index is 10.9. The summed E-state index contributed by atoms with van der Waals surface area (Å²) < 4.78 is 22.2. The van der Waals surface area contributed by atoms with Gasteiger partial charge in [-0.2, -0.15) is 0 Å². The molecule has 7 nitrogen and oxygen atoms in total. The number of nitrogens with zero attached hydrogens (tertiary/aromatic N) is 2. The van der Waals surface area contributed by atoms with Crippen LogP contribution in [0.2, 0.25) is 0 Å². The van der Waals surface area contributed by atoms with Gasteiger partial charge in [-0.25, -0.2) is 9.97 Å². The second-order valence-electron chi connectivity index (χ2n) is 6.25. The van der Waals surface area contributed by atoms with Gasteiger partial charge in [-0.3, -0.25) is 4.79 Å². The lowest BCUT2D eigenvalue weighted by molar-refractivity contribution is -0.119. The summed E-state index contributed by atoms with van der Waals surface area (Å²) in [4.78, 5) is 19.6. The lowest BCUT2D eigenvalue weighted by Crippen LogP contribution is -2.41. The molecule has 0 amide bonds. The highest BCUT2D eigenvalue weighted by atomic mass is 16.6. The predicted molar refractivity (Wildman–Crippen MR) is 85.1 cm³/mol. The van der Waals surface area contributed by atoms with E-state index in [0.29, 0.717) is 57.8 Å². The van der Waals surface area contributed by atoms with Gasteiger partial charge in [0.05, 0.1) is 51.7 Å². The van der Waals surface area contributed by atoms with Crippen molar-refractivity contribution in [3.63, 3.8) is 0 Å². The van der Waals surface area contributed by atoms with E-state index in [-0.39, 0.29) is 11.5 Å². The van der Waals surface area contributed by atoms with Gasteiger partial charge in [0.15, 0.2) is 6.29 Å². The molecule has 1 saturated carbocycles. The minimum Gasteiger partial charge on any atom is -0.378 e. The van der Waals surface area contributed by atoms with Crippen LogP contribution in [-0.4, -0.2) is 68.6 Å². The average Bonchev–Trinajstić information content (AvgIpc) is 2.60. The van der Waals surface area contributed by atoms with E-state index in [0.717, 1.165) is 25.5 Å². The number of aromatic nitrogens is 2. The molecule has 3 rings (SSSR count). The number of aldehydes is 1. The summed E-state index contributed by atoms with van der Waals surface area (Å²) in [6.45, 7) is 4.00. The molecule has 0 radical (unpaired) electrons. The van der Waals surface area contributed by atoms with Crippen molar-refractivity contribution < 1.29 is 23.7 Å². The van der Waals surface area contributed by atoms with Crippen LogP contribution in [0.5, 0.6) is 0 Å². The Bertz CT molecular complexity index is 529. The van der Waals surface area contributed by atoms with Crippen LogP contribution in [0.25, 0.3) is 0 Å². The summed E-state index contributed by atoms with van der Waals surface area (Å²) in [5.74, 6) is 0.715. The molecule has 1 aromatic heterocycles. The van der Waals surface area contributed by atoms with Crippen molar-refractivity contribution in [3.8, 4) is 0 Å². The number of hydrogen-bond donors (Lipinski definition) is 0. The van der Waals surface area contributed by atoms with Crippen LogP contribution in [0.4, 0.5) is 0 Å².